The highest BCUT2D eigenvalue weighted by Crippen LogP contribution is 2.38. The second-order valence-corrected chi connectivity index (χ2v) is 9.46. The third-order valence-corrected chi connectivity index (χ3v) is 7.21. The highest BCUT2D eigenvalue weighted by atomic mass is 19.1. The maximum atomic E-state index is 14.7. The van der Waals surface area contributed by atoms with Crippen LogP contribution in [0.1, 0.15) is 22.6 Å². The van der Waals surface area contributed by atoms with Crippen LogP contribution in [0.25, 0.3) is 16.7 Å². The van der Waals surface area contributed by atoms with E-state index in [9.17, 15) is 14.0 Å². The molecule has 5 heterocycles. The van der Waals surface area contributed by atoms with E-state index in [0.29, 0.717) is 17.8 Å². The Morgan fingerprint density at radius 1 is 1.16 bits per heavy atom. The molecule has 10 nitrogen and oxygen atoms in total. The Labute approximate surface area is 211 Å². The number of fused-ring (bicyclic) bond motifs is 3. The second-order valence-electron chi connectivity index (χ2n) is 9.46. The van der Waals surface area contributed by atoms with Gasteiger partial charge in [0, 0.05) is 38.4 Å². The van der Waals surface area contributed by atoms with Gasteiger partial charge in [-0.05, 0) is 43.7 Å². The molecule has 1 amide bonds. The average molecular weight is 504 g/mol. The normalized spacial score (nSPS) is 18.5. The summed E-state index contributed by atoms with van der Waals surface area (Å²) >= 11 is 0. The van der Waals surface area contributed by atoms with E-state index in [4.69, 9.17) is 9.72 Å². The van der Waals surface area contributed by atoms with Crippen molar-refractivity contribution in [3.63, 3.8) is 0 Å². The Balaban J connectivity index is 1.41. The first-order valence-electron chi connectivity index (χ1n) is 12.0. The second kappa shape index (κ2) is 8.70. The fourth-order valence-electron chi connectivity index (χ4n) is 5.28. The molecule has 2 atom stereocenters. The van der Waals surface area contributed by atoms with Crippen molar-refractivity contribution in [1.29, 1.82) is 0 Å². The largest absolute Gasteiger partial charge is 0.494 e. The molecule has 0 radical (unpaired) electrons. The summed E-state index contributed by atoms with van der Waals surface area (Å²) in [5, 5.41) is 10.4. The van der Waals surface area contributed by atoms with Gasteiger partial charge in [-0.2, -0.15) is 9.78 Å². The third-order valence-electron chi connectivity index (χ3n) is 7.21. The van der Waals surface area contributed by atoms with Gasteiger partial charge >= 0.3 is 0 Å². The smallest absolute Gasteiger partial charge is 0.284 e. The molecule has 0 spiro atoms. The molecule has 2 bridgehead atoms. The Kier molecular flexibility index (Phi) is 5.45. The maximum absolute atomic E-state index is 14.7. The lowest BCUT2D eigenvalue weighted by Crippen LogP contribution is -2.67. The number of aromatic nitrogens is 4. The summed E-state index contributed by atoms with van der Waals surface area (Å²) in [5.74, 6) is -0.328. The van der Waals surface area contributed by atoms with Crippen molar-refractivity contribution in [2.45, 2.75) is 25.4 Å². The van der Waals surface area contributed by atoms with E-state index in [1.807, 2.05) is 30.7 Å². The summed E-state index contributed by atoms with van der Waals surface area (Å²) in [6.45, 7) is 3.53. The van der Waals surface area contributed by atoms with Gasteiger partial charge in [-0.15, -0.1) is 0 Å². The molecule has 2 unspecified atom stereocenters. The number of piperidine rings is 1. The van der Waals surface area contributed by atoms with Crippen molar-refractivity contribution in [3.8, 4) is 11.4 Å². The third kappa shape index (κ3) is 3.73. The predicted molar refractivity (Wildman–Crippen MR) is 137 cm³/mol. The molecule has 0 aliphatic carbocycles. The number of anilines is 2. The van der Waals surface area contributed by atoms with Crippen LogP contribution >= 0.6 is 0 Å². The van der Waals surface area contributed by atoms with Crippen LogP contribution in [0.4, 0.5) is 15.8 Å². The van der Waals surface area contributed by atoms with Crippen LogP contribution in [0.5, 0.6) is 5.75 Å². The minimum absolute atomic E-state index is 0.127. The van der Waals surface area contributed by atoms with Gasteiger partial charge in [0.05, 0.1) is 24.0 Å². The molecule has 190 valence electrons. The number of ether oxygens (including phenoxy) is 1. The molecule has 37 heavy (non-hydrogen) atoms. The number of piperazine rings is 1. The zero-order valence-corrected chi connectivity index (χ0v) is 20.7. The minimum atomic E-state index is -0.761. The number of carbonyl (C=O) groups is 1. The van der Waals surface area contributed by atoms with Crippen molar-refractivity contribution in [3.05, 3.63) is 70.2 Å². The van der Waals surface area contributed by atoms with E-state index in [1.165, 1.54) is 37.6 Å². The minimum Gasteiger partial charge on any atom is -0.494 e. The zero-order chi connectivity index (χ0) is 25.8. The monoisotopic (exact) mass is 503 g/mol. The molecule has 0 saturated carbocycles. The fourth-order valence-corrected chi connectivity index (χ4v) is 5.28. The van der Waals surface area contributed by atoms with Crippen LogP contribution in [0, 0.1) is 12.7 Å². The zero-order valence-electron chi connectivity index (χ0n) is 20.7. The lowest BCUT2D eigenvalue weighted by atomic mass is 9.90. The molecule has 3 fully saturated rings. The van der Waals surface area contributed by atoms with Crippen LogP contribution < -0.4 is 25.8 Å². The molecule has 2 N–H and O–H groups in total. The van der Waals surface area contributed by atoms with Crippen LogP contribution in [-0.2, 0) is 7.05 Å². The number of methoxy groups -OCH3 is 1. The molecular weight excluding hydrogens is 477 g/mol. The van der Waals surface area contributed by atoms with Gasteiger partial charge in [-0.3, -0.25) is 9.59 Å². The van der Waals surface area contributed by atoms with Gasteiger partial charge in [-0.1, -0.05) is 6.07 Å². The molecule has 3 aliphatic rings. The van der Waals surface area contributed by atoms with E-state index in [0.717, 1.165) is 46.7 Å². The molecular formula is C26H26FN7O3. The number of hydrogen-bond donors (Lipinski definition) is 2. The van der Waals surface area contributed by atoms with E-state index >= 15 is 0 Å². The van der Waals surface area contributed by atoms with E-state index in [-0.39, 0.29) is 17.0 Å². The van der Waals surface area contributed by atoms with Crippen molar-refractivity contribution in [2.75, 3.05) is 30.4 Å². The van der Waals surface area contributed by atoms with Gasteiger partial charge < -0.3 is 24.8 Å². The van der Waals surface area contributed by atoms with Gasteiger partial charge in [0.15, 0.2) is 5.82 Å². The molecule has 2 aromatic carbocycles. The van der Waals surface area contributed by atoms with Gasteiger partial charge in [0.25, 0.3) is 11.5 Å². The number of aryl methyl sites for hydroxylation is 2. The number of para-hydroxylation sites is 1. The van der Waals surface area contributed by atoms with Crippen molar-refractivity contribution < 1.29 is 13.9 Å². The first-order valence-corrected chi connectivity index (χ1v) is 12.0. The van der Waals surface area contributed by atoms with Crippen LogP contribution in [0.3, 0.4) is 0 Å². The number of benzene rings is 2. The molecule has 3 saturated heterocycles. The van der Waals surface area contributed by atoms with E-state index in [1.54, 1.807) is 0 Å². The highest BCUT2D eigenvalue weighted by Gasteiger charge is 2.38. The summed E-state index contributed by atoms with van der Waals surface area (Å²) in [5.41, 5.74) is 2.04. The van der Waals surface area contributed by atoms with Crippen LogP contribution in [0.15, 0.2) is 47.4 Å². The molecule has 7 rings (SSSR count). The molecule has 11 heteroatoms. The van der Waals surface area contributed by atoms with Crippen LogP contribution in [0.2, 0.25) is 0 Å². The number of nitrogens with zero attached hydrogens (tertiary/aromatic N) is 5. The summed E-state index contributed by atoms with van der Waals surface area (Å²) in [6, 6.07) is 10.0. The standard InChI is InChI=1S/C26H26FN7O3/c1-14-29-22-20(32(14)2)8-7-19(24(22)33-12-15-11-16(13-33)30-15)31-25(35)17-9-10-28-34(26(17)36)23-18(27)5-4-6-21(23)37-3/h4-10,15-16,30H,11-13H2,1-3H3,(H,31,35). The van der Waals surface area contributed by atoms with Gasteiger partial charge in [-0.25, -0.2) is 9.37 Å². The molecule has 3 aliphatic heterocycles. The first kappa shape index (κ1) is 23.2. The Bertz CT molecular complexity index is 1600. The summed E-state index contributed by atoms with van der Waals surface area (Å²) < 4.78 is 22.7. The van der Waals surface area contributed by atoms with Gasteiger partial charge in [0.1, 0.15) is 28.3 Å². The average Bonchev–Trinajstić information content (AvgIpc) is 3.16. The number of halogens is 1. The fraction of sp³-hybridized carbons (Fsp3) is 0.308. The lowest BCUT2D eigenvalue weighted by Gasteiger charge is -2.49. The topological polar surface area (TPSA) is 106 Å². The SMILES string of the molecule is COc1cccc(F)c1-n1nccc(C(=O)Nc2ccc3c(nc(C)n3C)c2N2CC3CC(C2)N3)c1=O. The van der Waals surface area contributed by atoms with Crippen molar-refractivity contribution >= 4 is 28.3 Å². The number of carbonyl (C=O) groups excluding carboxylic acids is 1. The number of imidazole rings is 1. The highest BCUT2D eigenvalue weighted by molar-refractivity contribution is 6.09. The van der Waals surface area contributed by atoms with E-state index in [2.05, 4.69) is 20.6 Å². The summed E-state index contributed by atoms with van der Waals surface area (Å²) in [4.78, 5) is 33.8. The Hall–Kier alpha value is -4.25. The Morgan fingerprint density at radius 3 is 2.65 bits per heavy atom. The number of hydrogen-bond acceptors (Lipinski definition) is 7. The lowest BCUT2D eigenvalue weighted by molar-refractivity contribution is 0.102. The van der Waals surface area contributed by atoms with Crippen LogP contribution in [-0.4, -0.2) is 57.5 Å². The molecule has 4 aromatic rings. The number of nitrogens with one attached hydrogen (secondary N) is 2. The quantitative estimate of drug-likeness (QED) is 0.431. The maximum Gasteiger partial charge on any atom is 0.284 e. The summed E-state index contributed by atoms with van der Waals surface area (Å²) in [7, 11) is 3.33. The van der Waals surface area contributed by atoms with Crippen molar-refractivity contribution in [1.82, 2.24) is 24.6 Å². The number of amides is 1. The number of rotatable bonds is 5. The molecule has 2 aromatic heterocycles. The van der Waals surface area contributed by atoms with Gasteiger partial charge in [0.2, 0.25) is 0 Å². The van der Waals surface area contributed by atoms with Crippen molar-refractivity contribution in [2.24, 2.45) is 7.05 Å². The Morgan fingerprint density at radius 2 is 1.92 bits per heavy atom. The first-order chi connectivity index (χ1) is 17.9. The predicted octanol–water partition coefficient (Wildman–Crippen LogP) is 2.38. The summed E-state index contributed by atoms with van der Waals surface area (Å²) in [6.07, 6.45) is 2.42. The van der Waals surface area contributed by atoms with E-state index < -0.39 is 17.3 Å².